The van der Waals surface area contributed by atoms with Crippen LogP contribution in [0, 0.1) is 0 Å². The van der Waals surface area contributed by atoms with Crippen molar-refractivity contribution in [1.82, 2.24) is 0 Å². The van der Waals surface area contributed by atoms with Gasteiger partial charge in [-0.2, -0.15) is 0 Å². The van der Waals surface area contributed by atoms with Crippen molar-refractivity contribution in [2.24, 2.45) is 10.9 Å². The molecule has 0 fully saturated rings. The maximum absolute atomic E-state index is 8.46. The second kappa shape index (κ2) is 3.77. The van der Waals surface area contributed by atoms with Gasteiger partial charge in [-0.15, -0.1) is 0 Å². The number of aliphatic hydroxyl groups excluding tert-OH is 1. The molecule has 0 rings (SSSR count). The SMILES string of the molecule is C/C(N)=C(\CO)SN. The van der Waals surface area contributed by atoms with Gasteiger partial charge in [0.2, 0.25) is 0 Å². The number of aliphatic hydroxyl groups is 1. The van der Waals surface area contributed by atoms with Crippen molar-refractivity contribution in [3.05, 3.63) is 10.6 Å². The van der Waals surface area contributed by atoms with Gasteiger partial charge in [0.15, 0.2) is 0 Å². The Bertz CT molecular complexity index is 92.2. The molecule has 48 valence electrons. The van der Waals surface area contributed by atoms with Crippen molar-refractivity contribution >= 4 is 11.9 Å². The standard InChI is InChI=1S/C4H10N2OS/c1-3(5)4(2-7)8-6/h7H,2,5-6H2,1H3/b4-3-. The minimum atomic E-state index is -0.0660. The molecule has 0 bridgehead atoms. The van der Waals surface area contributed by atoms with Crippen LogP contribution in [0.2, 0.25) is 0 Å². The van der Waals surface area contributed by atoms with Gasteiger partial charge < -0.3 is 10.8 Å². The quantitative estimate of drug-likeness (QED) is 0.456. The van der Waals surface area contributed by atoms with Crippen LogP contribution in [0.25, 0.3) is 0 Å². The molecule has 0 aliphatic heterocycles. The number of hydrogen-bond donors (Lipinski definition) is 3. The van der Waals surface area contributed by atoms with Crippen LogP contribution in [-0.4, -0.2) is 11.7 Å². The summed E-state index contributed by atoms with van der Waals surface area (Å²) in [6.45, 7) is 1.63. The van der Waals surface area contributed by atoms with Crippen LogP contribution in [0.15, 0.2) is 10.6 Å². The van der Waals surface area contributed by atoms with E-state index >= 15 is 0 Å². The van der Waals surface area contributed by atoms with E-state index in [4.69, 9.17) is 16.0 Å². The smallest absolute Gasteiger partial charge is 0.0770 e. The van der Waals surface area contributed by atoms with E-state index in [2.05, 4.69) is 0 Å². The molecule has 0 saturated carbocycles. The molecule has 0 aromatic heterocycles. The summed E-state index contributed by atoms with van der Waals surface area (Å²) in [4.78, 5) is 0.630. The summed E-state index contributed by atoms with van der Waals surface area (Å²) in [6, 6.07) is 0. The second-order valence-corrected chi connectivity index (χ2v) is 2.11. The Kier molecular flexibility index (Phi) is 3.68. The molecule has 0 radical (unpaired) electrons. The lowest BCUT2D eigenvalue weighted by atomic mass is 10.5. The first-order valence-electron chi connectivity index (χ1n) is 2.15. The fraction of sp³-hybridized carbons (Fsp3) is 0.500. The van der Waals surface area contributed by atoms with Crippen LogP contribution < -0.4 is 10.9 Å². The summed E-state index contributed by atoms with van der Waals surface area (Å²) in [7, 11) is 0. The molecule has 0 aromatic carbocycles. The molecule has 0 heterocycles. The lowest BCUT2D eigenvalue weighted by Crippen LogP contribution is -2.00. The van der Waals surface area contributed by atoms with Gasteiger partial charge in [-0.1, -0.05) is 0 Å². The van der Waals surface area contributed by atoms with Gasteiger partial charge in [0.1, 0.15) is 0 Å². The normalized spacial score (nSPS) is 13.4. The van der Waals surface area contributed by atoms with E-state index in [0.29, 0.717) is 10.6 Å². The first-order valence-corrected chi connectivity index (χ1v) is 3.03. The fourth-order valence-electron chi connectivity index (χ4n) is 0.255. The number of nitrogens with two attached hydrogens (primary N) is 2. The molecular weight excluding hydrogens is 124 g/mol. The molecule has 8 heavy (non-hydrogen) atoms. The minimum Gasteiger partial charge on any atom is -0.402 e. The van der Waals surface area contributed by atoms with Gasteiger partial charge in [0.05, 0.1) is 6.61 Å². The fourth-order valence-corrected chi connectivity index (χ4v) is 0.515. The Morgan fingerprint density at radius 2 is 2.25 bits per heavy atom. The van der Waals surface area contributed by atoms with E-state index in [1.807, 2.05) is 0 Å². The first kappa shape index (κ1) is 7.81. The molecule has 0 aromatic rings. The van der Waals surface area contributed by atoms with Gasteiger partial charge in [0.25, 0.3) is 0 Å². The highest BCUT2D eigenvalue weighted by Crippen LogP contribution is 2.07. The van der Waals surface area contributed by atoms with E-state index in [0.717, 1.165) is 11.9 Å². The van der Waals surface area contributed by atoms with Crippen LogP contribution in [-0.2, 0) is 0 Å². The highest BCUT2D eigenvalue weighted by molar-refractivity contribution is 8.00. The van der Waals surface area contributed by atoms with E-state index in [1.165, 1.54) is 0 Å². The van der Waals surface area contributed by atoms with Gasteiger partial charge in [0, 0.05) is 10.6 Å². The van der Waals surface area contributed by atoms with Gasteiger partial charge in [-0.3, -0.25) is 5.14 Å². The summed E-state index contributed by atoms with van der Waals surface area (Å²) in [5.74, 6) is 0. The summed E-state index contributed by atoms with van der Waals surface area (Å²) < 4.78 is 0. The van der Waals surface area contributed by atoms with Crippen molar-refractivity contribution in [2.75, 3.05) is 6.61 Å². The third-order valence-electron chi connectivity index (χ3n) is 0.726. The lowest BCUT2D eigenvalue weighted by Gasteiger charge is -1.98. The predicted molar refractivity (Wildman–Crippen MR) is 35.8 cm³/mol. The molecule has 0 saturated heterocycles. The van der Waals surface area contributed by atoms with Crippen molar-refractivity contribution in [3.63, 3.8) is 0 Å². The summed E-state index contributed by atoms with van der Waals surface area (Å²) in [5, 5.41) is 13.6. The number of hydrogen-bond acceptors (Lipinski definition) is 4. The topological polar surface area (TPSA) is 72.3 Å². The maximum Gasteiger partial charge on any atom is 0.0770 e. The largest absolute Gasteiger partial charge is 0.402 e. The Morgan fingerprint density at radius 3 is 2.25 bits per heavy atom. The van der Waals surface area contributed by atoms with E-state index < -0.39 is 0 Å². The van der Waals surface area contributed by atoms with Crippen LogP contribution >= 0.6 is 11.9 Å². The molecule has 3 nitrogen and oxygen atoms in total. The molecule has 0 aliphatic carbocycles. The van der Waals surface area contributed by atoms with Crippen molar-refractivity contribution < 1.29 is 5.11 Å². The van der Waals surface area contributed by atoms with Gasteiger partial charge in [-0.05, 0) is 18.9 Å². The van der Waals surface area contributed by atoms with E-state index in [9.17, 15) is 0 Å². The Hall–Kier alpha value is -0.190. The highest BCUT2D eigenvalue weighted by Gasteiger charge is 1.93. The van der Waals surface area contributed by atoms with Gasteiger partial charge in [-0.25, -0.2) is 0 Å². The summed E-state index contributed by atoms with van der Waals surface area (Å²) >= 11 is 0.983. The molecule has 0 atom stereocenters. The molecule has 0 amide bonds. The van der Waals surface area contributed by atoms with E-state index in [-0.39, 0.29) is 6.61 Å². The third-order valence-corrected chi connectivity index (χ3v) is 1.46. The zero-order valence-corrected chi connectivity index (χ0v) is 5.53. The monoisotopic (exact) mass is 134 g/mol. The number of rotatable bonds is 2. The Morgan fingerprint density at radius 1 is 1.75 bits per heavy atom. The Balaban J connectivity index is 3.86. The summed E-state index contributed by atoms with van der Waals surface area (Å²) in [5.41, 5.74) is 5.86. The second-order valence-electron chi connectivity index (χ2n) is 1.38. The molecule has 0 aliphatic rings. The zero-order chi connectivity index (χ0) is 6.57. The highest BCUT2D eigenvalue weighted by atomic mass is 32.2. The van der Waals surface area contributed by atoms with Crippen LogP contribution in [0.1, 0.15) is 6.92 Å². The van der Waals surface area contributed by atoms with Crippen molar-refractivity contribution in [1.29, 1.82) is 0 Å². The van der Waals surface area contributed by atoms with Gasteiger partial charge >= 0.3 is 0 Å². The predicted octanol–water partition coefficient (Wildman–Crippen LogP) is -0.224. The number of allylic oxidation sites excluding steroid dienone is 1. The first-order chi connectivity index (χ1) is 3.72. The molecule has 0 spiro atoms. The minimum absolute atomic E-state index is 0.0660. The maximum atomic E-state index is 8.46. The van der Waals surface area contributed by atoms with Crippen molar-refractivity contribution in [3.8, 4) is 0 Å². The summed E-state index contributed by atoms with van der Waals surface area (Å²) in [6.07, 6.45) is 0. The van der Waals surface area contributed by atoms with Crippen LogP contribution in [0.4, 0.5) is 0 Å². The van der Waals surface area contributed by atoms with E-state index in [1.54, 1.807) is 6.92 Å². The van der Waals surface area contributed by atoms with Crippen molar-refractivity contribution in [2.45, 2.75) is 6.92 Å². The average molecular weight is 134 g/mol. The molecular formula is C4H10N2OS. The zero-order valence-electron chi connectivity index (χ0n) is 4.72. The lowest BCUT2D eigenvalue weighted by molar-refractivity contribution is 0.338. The molecule has 0 unspecified atom stereocenters. The Labute approximate surface area is 52.9 Å². The van der Waals surface area contributed by atoms with Crippen LogP contribution in [0.3, 0.4) is 0 Å². The third kappa shape index (κ3) is 2.20. The molecule has 5 N–H and O–H groups in total. The van der Waals surface area contributed by atoms with Crippen LogP contribution in [0.5, 0.6) is 0 Å². The molecule has 4 heteroatoms. The average Bonchev–Trinajstić information content (AvgIpc) is 1.69.